The zero-order valence-electron chi connectivity index (χ0n) is 12.1. The third-order valence-electron chi connectivity index (χ3n) is 4.17. The smallest absolute Gasteiger partial charge is 0.0402 e. The molecule has 0 aliphatic carbocycles. The topological polar surface area (TPSA) is 29.3 Å². The molecule has 18 heavy (non-hydrogen) atoms. The van der Waals surface area contributed by atoms with Crippen molar-refractivity contribution in [2.45, 2.75) is 46.1 Å². The third kappa shape index (κ3) is 2.69. The van der Waals surface area contributed by atoms with Gasteiger partial charge in [0, 0.05) is 24.8 Å². The van der Waals surface area contributed by atoms with Crippen LogP contribution in [0.2, 0.25) is 0 Å². The predicted molar refractivity (Wildman–Crippen MR) is 79.1 cm³/mol. The Bertz CT molecular complexity index is 406. The Balaban J connectivity index is 2.19. The molecule has 1 aromatic carbocycles. The number of para-hydroxylation sites is 1. The summed E-state index contributed by atoms with van der Waals surface area (Å²) in [5.74, 6) is 0.670. The second-order valence-electron chi connectivity index (χ2n) is 6.67. The molecule has 1 aliphatic rings. The Morgan fingerprint density at radius 2 is 2.00 bits per heavy atom. The molecular formula is C16H26N2. The van der Waals surface area contributed by atoms with E-state index in [1.165, 1.54) is 17.7 Å². The van der Waals surface area contributed by atoms with Crippen molar-refractivity contribution < 1.29 is 0 Å². The van der Waals surface area contributed by atoms with Crippen LogP contribution in [0.5, 0.6) is 0 Å². The van der Waals surface area contributed by atoms with E-state index in [4.69, 9.17) is 5.73 Å². The van der Waals surface area contributed by atoms with Crippen molar-refractivity contribution in [3.63, 3.8) is 0 Å². The van der Waals surface area contributed by atoms with Crippen molar-refractivity contribution >= 4 is 5.69 Å². The van der Waals surface area contributed by atoms with E-state index in [9.17, 15) is 0 Å². The fourth-order valence-electron chi connectivity index (χ4n) is 2.52. The van der Waals surface area contributed by atoms with Crippen LogP contribution in [0, 0.1) is 5.41 Å². The van der Waals surface area contributed by atoms with Gasteiger partial charge in [0.2, 0.25) is 0 Å². The largest absolute Gasteiger partial charge is 0.370 e. The lowest BCUT2D eigenvalue weighted by Gasteiger charge is -2.39. The maximum atomic E-state index is 6.33. The molecule has 0 radical (unpaired) electrons. The molecule has 0 bridgehead atoms. The van der Waals surface area contributed by atoms with Crippen molar-refractivity contribution in [1.82, 2.24) is 0 Å². The van der Waals surface area contributed by atoms with Crippen LogP contribution < -0.4 is 10.6 Å². The van der Waals surface area contributed by atoms with Crippen LogP contribution in [-0.4, -0.2) is 19.1 Å². The molecule has 0 saturated heterocycles. The summed E-state index contributed by atoms with van der Waals surface area (Å²) in [5, 5.41) is 0. The molecule has 1 heterocycles. The van der Waals surface area contributed by atoms with Crippen LogP contribution in [-0.2, 0) is 0 Å². The van der Waals surface area contributed by atoms with E-state index in [0.29, 0.717) is 5.92 Å². The van der Waals surface area contributed by atoms with Crippen LogP contribution in [0.15, 0.2) is 24.3 Å². The van der Waals surface area contributed by atoms with Gasteiger partial charge in [-0.3, -0.25) is 0 Å². The first kappa shape index (κ1) is 13.4. The first-order valence-corrected chi connectivity index (χ1v) is 6.99. The predicted octanol–water partition coefficient (Wildman–Crippen LogP) is 3.37. The lowest BCUT2D eigenvalue weighted by molar-refractivity contribution is 0.318. The van der Waals surface area contributed by atoms with Gasteiger partial charge in [-0.1, -0.05) is 45.9 Å². The second-order valence-corrected chi connectivity index (χ2v) is 6.67. The minimum Gasteiger partial charge on any atom is -0.370 e. The Hall–Kier alpha value is -1.02. The Labute approximate surface area is 111 Å². The van der Waals surface area contributed by atoms with Crippen LogP contribution in [0.4, 0.5) is 5.69 Å². The molecule has 1 aliphatic heterocycles. The third-order valence-corrected chi connectivity index (χ3v) is 4.17. The summed E-state index contributed by atoms with van der Waals surface area (Å²) in [6.45, 7) is 11.1. The highest BCUT2D eigenvalue weighted by Crippen LogP contribution is 2.35. The summed E-state index contributed by atoms with van der Waals surface area (Å²) in [4.78, 5) is 2.46. The SMILES string of the molecule is CC1CCN(C[C@H](N)C(C)(C)C)c2ccccc21. The number of nitrogens with two attached hydrogens (primary N) is 1. The molecule has 2 heteroatoms. The number of hydrogen-bond donors (Lipinski definition) is 1. The summed E-state index contributed by atoms with van der Waals surface area (Å²) in [6.07, 6.45) is 1.23. The number of anilines is 1. The van der Waals surface area contributed by atoms with Crippen molar-refractivity contribution in [3.05, 3.63) is 29.8 Å². The van der Waals surface area contributed by atoms with Crippen molar-refractivity contribution in [3.8, 4) is 0 Å². The van der Waals surface area contributed by atoms with Gasteiger partial charge in [-0.05, 0) is 29.4 Å². The Kier molecular flexibility index (Phi) is 3.67. The standard InChI is InChI=1S/C16H26N2/c1-12-9-10-18(11-15(17)16(2,3)4)14-8-6-5-7-13(12)14/h5-8,12,15H,9-11,17H2,1-4H3/t12?,15-/m0/s1. The average molecular weight is 246 g/mol. The van der Waals surface area contributed by atoms with Gasteiger partial charge in [0.25, 0.3) is 0 Å². The lowest BCUT2D eigenvalue weighted by Crippen LogP contribution is -2.47. The number of nitrogens with zero attached hydrogens (tertiary/aromatic N) is 1. The Morgan fingerprint density at radius 1 is 1.33 bits per heavy atom. The Morgan fingerprint density at radius 3 is 2.67 bits per heavy atom. The minimum absolute atomic E-state index is 0.165. The van der Waals surface area contributed by atoms with Gasteiger partial charge in [0.05, 0.1) is 0 Å². The molecule has 0 amide bonds. The van der Waals surface area contributed by atoms with Gasteiger partial charge in [-0.2, -0.15) is 0 Å². The molecule has 0 spiro atoms. The number of rotatable bonds is 2. The van der Waals surface area contributed by atoms with E-state index in [0.717, 1.165) is 13.1 Å². The van der Waals surface area contributed by atoms with Gasteiger partial charge >= 0.3 is 0 Å². The highest BCUT2D eigenvalue weighted by molar-refractivity contribution is 5.57. The molecule has 0 saturated carbocycles. The molecule has 0 aromatic heterocycles. The first-order chi connectivity index (χ1) is 8.39. The van der Waals surface area contributed by atoms with Gasteiger partial charge in [-0.25, -0.2) is 0 Å². The molecule has 2 atom stereocenters. The average Bonchev–Trinajstić information content (AvgIpc) is 2.32. The summed E-state index contributed by atoms with van der Waals surface area (Å²) in [7, 11) is 0. The quantitative estimate of drug-likeness (QED) is 0.867. The van der Waals surface area contributed by atoms with Crippen molar-refractivity contribution in [2.24, 2.45) is 11.1 Å². The molecular weight excluding hydrogens is 220 g/mol. The van der Waals surface area contributed by atoms with Crippen LogP contribution in [0.3, 0.4) is 0 Å². The lowest BCUT2D eigenvalue weighted by atomic mass is 9.85. The molecule has 2 rings (SSSR count). The molecule has 1 unspecified atom stereocenters. The van der Waals surface area contributed by atoms with Crippen LogP contribution >= 0.6 is 0 Å². The van der Waals surface area contributed by atoms with E-state index in [-0.39, 0.29) is 11.5 Å². The maximum Gasteiger partial charge on any atom is 0.0402 e. The normalized spacial score (nSPS) is 21.6. The molecule has 1 aromatic rings. The zero-order valence-corrected chi connectivity index (χ0v) is 12.1. The van der Waals surface area contributed by atoms with Gasteiger partial charge in [0.15, 0.2) is 0 Å². The minimum atomic E-state index is 0.165. The van der Waals surface area contributed by atoms with E-state index < -0.39 is 0 Å². The molecule has 2 N–H and O–H groups in total. The number of hydrogen-bond acceptors (Lipinski definition) is 2. The fraction of sp³-hybridized carbons (Fsp3) is 0.625. The van der Waals surface area contributed by atoms with Crippen LogP contribution in [0.25, 0.3) is 0 Å². The van der Waals surface area contributed by atoms with E-state index in [1.54, 1.807) is 0 Å². The van der Waals surface area contributed by atoms with E-state index in [1.807, 2.05) is 0 Å². The van der Waals surface area contributed by atoms with Gasteiger partial charge in [0.1, 0.15) is 0 Å². The fourth-order valence-corrected chi connectivity index (χ4v) is 2.52. The molecule has 2 nitrogen and oxygen atoms in total. The van der Waals surface area contributed by atoms with Crippen molar-refractivity contribution in [2.75, 3.05) is 18.0 Å². The second kappa shape index (κ2) is 4.93. The zero-order chi connectivity index (χ0) is 13.3. The maximum absolute atomic E-state index is 6.33. The summed E-state index contributed by atoms with van der Waals surface area (Å²) in [6, 6.07) is 8.98. The molecule has 0 fully saturated rings. The van der Waals surface area contributed by atoms with E-state index in [2.05, 4.69) is 56.9 Å². The summed E-state index contributed by atoms with van der Waals surface area (Å²) < 4.78 is 0. The number of fused-ring (bicyclic) bond motifs is 1. The van der Waals surface area contributed by atoms with Gasteiger partial charge < -0.3 is 10.6 Å². The number of benzene rings is 1. The van der Waals surface area contributed by atoms with Crippen molar-refractivity contribution in [1.29, 1.82) is 0 Å². The van der Waals surface area contributed by atoms with Crippen LogP contribution in [0.1, 0.15) is 45.6 Å². The first-order valence-electron chi connectivity index (χ1n) is 6.99. The monoisotopic (exact) mass is 246 g/mol. The van der Waals surface area contributed by atoms with E-state index >= 15 is 0 Å². The van der Waals surface area contributed by atoms with Gasteiger partial charge in [-0.15, -0.1) is 0 Å². The molecule has 100 valence electrons. The highest BCUT2D eigenvalue weighted by atomic mass is 15.2. The summed E-state index contributed by atoms with van der Waals surface area (Å²) in [5.41, 5.74) is 9.36. The summed E-state index contributed by atoms with van der Waals surface area (Å²) >= 11 is 0. The highest BCUT2D eigenvalue weighted by Gasteiger charge is 2.27.